The van der Waals surface area contributed by atoms with Crippen molar-refractivity contribution in [3.63, 3.8) is 0 Å². The highest BCUT2D eigenvalue weighted by Crippen LogP contribution is 2.14. The fourth-order valence-electron chi connectivity index (χ4n) is 1.93. The molecule has 0 aromatic heterocycles. The molecule has 1 heterocycles. The predicted octanol–water partition coefficient (Wildman–Crippen LogP) is 0.377. The highest BCUT2D eigenvalue weighted by Gasteiger charge is 2.14. The lowest BCUT2D eigenvalue weighted by atomic mass is 10.2. The Morgan fingerprint density at radius 2 is 2.14 bits per heavy atom. The van der Waals surface area contributed by atoms with E-state index in [-0.39, 0.29) is 18.1 Å². The average molecular weight is 292 g/mol. The van der Waals surface area contributed by atoms with E-state index >= 15 is 0 Å². The Bertz CT molecular complexity index is 541. The molecule has 0 unspecified atom stereocenters. The van der Waals surface area contributed by atoms with Crippen molar-refractivity contribution in [1.82, 2.24) is 10.3 Å². The third-order valence-corrected chi connectivity index (χ3v) is 3.00. The van der Waals surface area contributed by atoms with E-state index in [0.717, 1.165) is 0 Å². The number of nitrogens with zero attached hydrogens (tertiary/aromatic N) is 3. The summed E-state index contributed by atoms with van der Waals surface area (Å²) in [4.78, 5) is 24.0. The molecule has 1 saturated heterocycles. The predicted molar refractivity (Wildman–Crippen MR) is 76.1 cm³/mol. The maximum absolute atomic E-state index is 11.7. The Hall–Kier alpha value is -2.32. The van der Waals surface area contributed by atoms with Crippen molar-refractivity contribution in [1.29, 1.82) is 0 Å². The zero-order valence-electron chi connectivity index (χ0n) is 11.4. The van der Waals surface area contributed by atoms with Crippen LogP contribution in [-0.4, -0.2) is 54.8 Å². The van der Waals surface area contributed by atoms with E-state index in [4.69, 9.17) is 4.74 Å². The molecule has 1 aliphatic rings. The number of benzene rings is 1. The van der Waals surface area contributed by atoms with Gasteiger partial charge in [-0.3, -0.25) is 19.8 Å². The van der Waals surface area contributed by atoms with Gasteiger partial charge >= 0.3 is 0 Å². The van der Waals surface area contributed by atoms with Crippen LogP contribution in [0.2, 0.25) is 0 Å². The van der Waals surface area contributed by atoms with Crippen molar-refractivity contribution in [3.05, 3.63) is 39.9 Å². The van der Waals surface area contributed by atoms with E-state index in [2.05, 4.69) is 10.5 Å². The minimum Gasteiger partial charge on any atom is -0.379 e. The molecule has 0 bridgehead atoms. The van der Waals surface area contributed by atoms with Crippen LogP contribution >= 0.6 is 0 Å². The number of nitro groups is 1. The Kier molecular flexibility index (Phi) is 5.35. The summed E-state index contributed by atoms with van der Waals surface area (Å²) in [6.07, 6.45) is 1.27. The van der Waals surface area contributed by atoms with Gasteiger partial charge in [-0.15, -0.1) is 0 Å². The quantitative estimate of drug-likeness (QED) is 0.480. The summed E-state index contributed by atoms with van der Waals surface area (Å²) in [5.41, 5.74) is 2.66. The van der Waals surface area contributed by atoms with Crippen LogP contribution in [0.3, 0.4) is 0 Å². The molecule has 2 rings (SSSR count). The minimum absolute atomic E-state index is 0.0521. The third kappa shape index (κ3) is 4.62. The highest BCUT2D eigenvalue weighted by atomic mass is 16.6. The van der Waals surface area contributed by atoms with Crippen LogP contribution in [0.25, 0.3) is 0 Å². The molecular weight excluding hydrogens is 276 g/mol. The number of para-hydroxylation sites is 1. The average Bonchev–Trinajstić information content (AvgIpc) is 2.48. The summed E-state index contributed by atoms with van der Waals surface area (Å²) < 4.78 is 5.19. The molecular formula is C13H16N4O4. The van der Waals surface area contributed by atoms with Gasteiger partial charge in [-0.1, -0.05) is 12.1 Å². The molecule has 0 spiro atoms. The molecule has 0 saturated carbocycles. The first-order valence-corrected chi connectivity index (χ1v) is 6.52. The van der Waals surface area contributed by atoms with Crippen LogP contribution in [0, 0.1) is 10.1 Å². The van der Waals surface area contributed by atoms with Gasteiger partial charge in [-0.25, -0.2) is 5.43 Å². The Morgan fingerprint density at radius 1 is 1.43 bits per heavy atom. The number of amides is 1. The zero-order chi connectivity index (χ0) is 15.1. The molecule has 0 atom stereocenters. The van der Waals surface area contributed by atoms with E-state index in [1.807, 2.05) is 4.90 Å². The second kappa shape index (κ2) is 7.46. The summed E-state index contributed by atoms with van der Waals surface area (Å²) in [5, 5.41) is 14.6. The number of ether oxygens (including phenoxy) is 1. The first-order chi connectivity index (χ1) is 10.2. The van der Waals surface area contributed by atoms with Gasteiger partial charge in [-0.2, -0.15) is 5.10 Å². The maximum atomic E-state index is 11.7. The summed E-state index contributed by atoms with van der Waals surface area (Å²) in [6, 6.07) is 6.20. The van der Waals surface area contributed by atoms with Gasteiger partial charge in [0.2, 0.25) is 0 Å². The number of rotatable bonds is 5. The normalized spacial score (nSPS) is 16.0. The summed E-state index contributed by atoms with van der Waals surface area (Å²) in [7, 11) is 0. The van der Waals surface area contributed by atoms with Crippen molar-refractivity contribution in [2.75, 3.05) is 32.8 Å². The number of nitro benzene ring substituents is 1. The van der Waals surface area contributed by atoms with Gasteiger partial charge in [0.15, 0.2) is 0 Å². The fraction of sp³-hybridized carbons (Fsp3) is 0.385. The molecule has 0 radical (unpaired) electrons. The SMILES string of the molecule is O=C(CN1CCOCC1)N/N=C\c1ccccc1[N+](=O)[O-]. The van der Waals surface area contributed by atoms with Crippen molar-refractivity contribution in [3.8, 4) is 0 Å². The molecule has 1 aromatic rings. The number of nitrogens with one attached hydrogen (secondary N) is 1. The zero-order valence-corrected chi connectivity index (χ0v) is 11.4. The van der Waals surface area contributed by atoms with E-state index in [1.165, 1.54) is 12.3 Å². The number of hydrogen-bond acceptors (Lipinski definition) is 6. The van der Waals surface area contributed by atoms with E-state index in [9.17, 15) is 14.9 Å². The molecule has 0 aliphatic carbocycles. The number of hydrazone groups is 1. The fourth-order valence-corrected chi connectivity index (χ4v) is 1.93. The van der Waals surface area contributed by atoms with Gasteiger partial charge in [0.1, 0.15) is 0 Å². The van der Waals surface area contributed by atoms with Gasteiger partial charge in [0.05, 0.1) is 36.5 Å². The van der Waals surface area contributed by atoms with E-state index < -0.39 is 4.92 Å². The molecule has 112 valence electrons. The third-order valence-electron chi connectivity index (χ3n) is 3.00. The Balaban J connectivity index is 1.87. The van der Waals surface area contributed by atoms with Crippen LogP contribution in [0.5, 0.6) is 0 Å². The number of carbonyl (C=O) groups excluding carboxylic acids is 1. The number of hydrogen-bond donors (Lipinski definition) is 1. The van der Waals surface area contributed by atoms with Crippen molar-refractivity contribution < 1.29 is 14.5 Å². The molecule has 8 heteroatoms. The second-order valence-corrected chi connectivity index (χ2v) is 4.50. The van der Waals surface area contributed by atoms with Crippen LogP contribution in [0.4, 0.5) is 5.69 Å². The summed E-state index contributed by atoms with van der Waals surface area (Å²) in [6.45, 7) is 2.89. The summed E-state index contributed by atoms with van der Waals surface area (Å²) >= 11 is 0. The molecule has 1 amide bonds. The van der Waals surface area contributed by atoms with Crippen LogP contribution in [0.15, 0.2) is 29.4 Å². The Morgan fingerprint density at radius 3 is 2.86 bits per heavy atom. The van der Waals surface area contributed by atoms with Gasteiger partial charge in [-0.05, 0) is 6.07 Å². The molecule has 1 fully saturated rings. The van der Waals surface area contributed by atoms with E-state index in [1.54, 1.807) is 18.2 Å². The molecule has 1 aromatic carbocycles. The summed E-state index contributed by atoms with van der Waals surface area (Å²) in [5.74, 6) is -0.258. The lowest BCUT2D eigenvalue weighted by Crippen LogP contribution is -2.42. The Labute approximate surface area is 121 Å². The smallest absolute Gasteiger partial charge is 0.278 e. The first-order valence-electron chi connectivity index (χ1n) is 6.52. The van der Waals surface area contributed by atoms with Crippen LogP contribution in [0.1, 0.15) is 5.56 Å². The van der Waals surface area contributed by atoms with Crippen molar-refractivity contribution in [2.45, 2.75) is 0 Å². The van der Waals surface area contributed by atoms with Crippen LogP contribution < -0.4 is 5.43 Å². The first kappa shape index (κ1) is 15.1. The highest BCUT2D eigenvalue weighted by molar-refractivity contribution is 5.86. The van der Waals surface area contributed by atoms with Gasteiger partial charge < -0.3 is 4.74 Å². The van der Waals surface area contributed by atoms with Gasteiger partial charge in [0, 0.05) is 19.2 Å². The standard InChI is InChI=1S/C13H16N4O4/c18-13(10-16-5-7-21-8-6-16)15-14-9-11-3-1-2-4-12(11)17(19)20/h1-4,9H,5-8,10H2,(H,15,18)/b14-9-. The number of morpholine rings is 1. The lowest BCUT2D eigenvalue weighted by Gasteiger charge is -2.25. The van der Waals surface area contributed by atoms with E-state index in [0.29, 0.717) is 31.9 Å². The lowest BCUT2D eigenvalue weighted by molar-refractivity contribution is -0.385. The van der Waals surface area contributed by atoms with Crippen molar-refractivity contribution >= 4 is 17.8 Å². The van der Waals surface area contributed by atoms with Crippen LogP contribution in [-0.2, 0) is 9.53 Å². The molecule has 1 N–H and O–H groups in total. The monoisotopic (exact) mass is 292 g/mol. The molecule has 1 aliphatic heterocycles. The maximum Gasteiger partial charge on any atom is 0.278 e. The van der Waals surface area contributed by atoms with Crippen molar-refractivity contribution in [2.24, 2.45) is 5.10 Å². The molecule has 8 nitrogen and oxygen atoms in total. The van der Waals surface area contributed by atoms with Gasteiger partial charge in [0.25, 0.3) is 11.6 Å². The minimum atomic E-state index is -0.489. The largest absolute Gasteiger partial charge is 0.379 e. The number of carbonyl (C=O) groups is 1. The molecule has 21 heavy (non-hydrogen) atoms. The topological polar surface area (TPSA) is 97.1 Å². The second-order valence-electron chi connectivity index (χ2n) is 4.50.